The second-order valence-corrected chi connectivity index (χ2v) is 7.74. The summed E-state index contributed by atoms with van der Waals surface area (Å²) in [4.78, 5) is 20.5. The highest BCUT2D eigenvalue weighted by atomic mass is 32.1. The zero-order valence-electron chi connectivity index (χ0n) is 17.2. The van der Waals surface area contributed by atoms with Gasteiger partial charge in [0.25, 0.3) is 5.91 Å². The summed E-state index contributed by atoms with van der Waals surface area (Å²) in [6, 6.07) is 14.8. The Balaban J connectivity index is 1.37. The van der Waals surface area contributed by atoms with Crippen molar-refractivity contribution >= 4 is 33.3 Å². The Morgan fingerprint density at radius 1 is 1.09 bits per heavy atom. The van der Waals surface area contributed by atoms with Crippen LogP contribution in [0.25, 0.3) is 33.5 Å². The number of benzene rings is 2. The van der Waals surface area contributed by atoms with Crippen LogP contribution in [0.2, 0.25) is 0 Å². The van der Waals surface area contributed by atoms with E-state index in [1.54, 1.807) is 38.5 Å². The molecule has 0 saturated carbocycles. The van der Waals surface area contributed by atoms with Gasteiger partial charge in [-0.3, -0.25) is 10.1 Å². The first kappa shape index (κ1) is 19.8. The van der Waals surface area contributed by atoms with E-state index in [0.29, 0.717) is 28.0 Å². The minimum Gasteiger partial charge on any atom is -0.497 e. The smallest absolute Gasteiger partial charge is 0.279 e. The van der Waals surface area contributed by atoms with Crippen LogP contribution in [-0.4, -0.2) is 35.3 Å². The standard InChI is InChI=1S/C23H18N4O4S/c1-29-13-7-8-20(30-2)15(9-13)21-10-18(27-31-21)22(28)26-23-25-19(12-32-23)16-11-24-17-6-4-3-5-14(16)17/h3-12,24H,1-2H3,(H,25,26,28). The number of H-pyrrole nitrogens is 1. The zero-order chi connectivity index (χ0) is 22.1. The summed E-state index contributed by atoms with van der Waals surface area (Å²) in [5, 5.41) is 10.1. The van der Waals surface area contributed by atoms with Crippen molar-refractivity contribution < 1.29 is 18.8 Å². The number of rotatable bonds is 6. The van der Waals surface area contributed by atoms with Crippen molar-refractivity contribution in [3.8, 4) is 34.1 Å². The molecule has 9 heteroatoms. The molecule has 0 radical (unpaired) electrons. The number of ether oxygens (including phenoxy) is 2. The van der Waals surface area contributed by atoms with Gasteiger partial charge in [-0.1, -0.05) is 23.4 Å². The number of hydrogen-bond acceptors (Lipinski definition) is 7. The normalized spacial score (nSPS) is 10.9. The molecule has 0 aliphatic rings. The van der Waals surface area contributed by atoms with Gasteiger partial charge in [-0.05, 0) is 24.3 Å². The van der Waals surface area contributed by atoms with Crippen molar-refractivity contribution in [2.24, 2.45) is 0 Å². The van der Waals surface area contributed by atoms with E-state index in [9.17, 15) is 4.79 Å². The number of anilines is 1. The van der Waals surface area contributed by atoms with E-state index in [2.05, 4.69) is 20.4 Å². The number of nitrogens with one attached hydrogen (secondary N) is 2. The van der Waals surface area contributed by atoms with Gasteiger partial charge in [0.15, 0.2) is 16.6 Å². The van der Waals surface area contributed by atoms with E-state index in [4.69, 9.17) is 14.0 Å². The summed E-state index contributed by atoms with van der Waals surface area (Å²) in [5.74, 6) is 1.19. The summed E-state index contributed by atoms with van der Waals surface area (Å²) in [5.41, 5.74) is 3.56. The Morgan fingerprint density at radius 2 is 1.97 bits per heavy atom. The first-order valence-electron chi connectivity index (χ1n) is 9.68. The molecule has 0 saturated heterocycles. The number of fused-ring (bicyclic) bond motifs is 1. The summed E-state index contributed by atoms with van der Waals surface area (Å²) < 4.78 is 16.0. The number of methoxy groups -OCH3 is 2. The largest absolute Gasteiger partial charge is 0.497 e. The molecule has 5 aromatic rings. The molecular weight excluding hydrogens is 428 g/mol. The Morgan fingerprint density at radius 3 is 2.81 bits per heavy atom. The average molecular weight is 446 g/mol. The first-order valence-corrected chi connectivity index (χ1v) is 10.6. The molecule has 8 nitrogen and oxygen atoms in total. The predicted octanol–water partition coefficient (Wildman–Crippen LogP) is 5.22. The van der Waals surface area contributed by atoms with Crippen molar-refractivity contribution in [2.75, 3.05) is 19.5 Å². The highest BCUT2D eigenvalue weighted by molar-refractivity contribution is 7.14. The Bertz CT molecular complexity index is 1420. The van der Waals surface area contributed by atoms with Gasteiger partial charge in [-0.2, -0.15) is 0 Å². The van der Waals surface area contributed by atoms with Gasteiger partial charge in [-0.25, -0.2) is 4.98 Å². The average Bonchev–Trinajstić information content (AvgIpc) is 3.57. The van der Waals surface area contributed by atoms with Crippen LogP contribution in [0.5, 0.6) is 11.5 Å². The van der Waals surface area contributed by atoms with Gasteiger partial charge in [-0.15, -0.1) is 11.3 Å². The third-order valence-electron chi connectivity index (χ3n) is 5.00. The van der Waals surface area contributed by atoms with Gasteiger partial charge in [0, 0.05) is 34.1 Å². The number of aromatic amines is 1. The van der Waals surface area contributed by atoms with Gasteiger partial charge < -0.3 is 19.0 Å². The molecule has 0 aliphatic heterocycles. The van der Waals surface area contributed by atoms with Crippen LogP contribution >= 0.6 is 11.3 Å². The number of aromatic nitrogens is 3. The fourth-order valence-electron chi connectivity index (χ4n) is 3.42. The number of amides is 1. The molecule has 2 N–H and O–H groups in total. The molecule has 160 valence electrons. The molecule has 0 spiro atoms. The quantitative estimate of drug-likeness (QED) is 0.371. The van der Waals surface area contributed by atoms with Crippen LogP contribution in [0.15, 0.2) is 64.6 Å². The lowest BCUT2D eigenvalue weighted by molar-refractivity contribution is 0.101. The van der Waals surface area contributed by atoms with E-state index in [0.717, 1.165) is 22.2 Å². The summed E-state index contributed by atoms with van der Waals surface area (Å²) in [7, 11) is 3.13. The van der Waals surface area contributed by atoms with Crippen LogP contribution in [0.3, 0.4) is 0 Å². The van der Waals surface area contributed by atoms with E-state index in [1.807, 2.05) is 35.8 Å². The van der Waals surface area contributed by atoms with Crippen LogP contribution in [0.4, 0.5) is 5.13 Å². The number of nitrogens with zero attached hydrogens (tertiary/aromatic N) is 2. The third kappa shape index (κ3) is 3.58. The number of carbonyl (C=O) groups excluding carboxylic acids is 1. The molecular formula is C23H18N4O4S. The van der Waals surface area contributed by atoms with Gasteiger partial charge >= 0.3 is 0 Å². The van der Waals surface area contributed by atoms with E-state index in [1.165, 1.54) is 11.3 Å². The summed E-state index contributed by atoms with van der Waals surface area (Å²) >= 11 is 1.34. The lowest BCUT2D eigenvalue weighted by Gasteiger charge is -2.07. The number of para-hydroxylation sites is 1. The molecule has 0 aliphatic carbocycles. The van der Waals surface area contributed by atoms with Gasteiger partial charge in [0.2, 0.25) is 0 Å². The van der Waals surface area contributed by atoms with Crippen molar-refractivity contribution in [1.29, 1.82) is 0 Å². The van der Waals surface area contributed by atoms with Gasteiger partial charge in [0.05, 0.1) is 25.5 Å². The molecule has 3 heterocycles. The Kier molecular flexibility index (Phi) is 5.08. The second-order valence-electron chi connectivity index (χ2n) is 6.88. The maximum absolute atomic E-state index is 12.7. The SMILES string of the molecule is COc1ccc(OC)c(-c2cc(C(=O)Nc3nc(-c4c[nH]c5ccccc45)cs3)no2)c1. The Hall–Kier alpha value is -4.11. The van der Waals surface area contributed by atoms with Gasteiger partial charge in [0.1, 0.15) is 11.5 Å². The van der Waals surface area contributed by atoms with Crippen molar-refractivity contribution in [2.45, 2.75) is 0 Å². The topological polar surface area (TPSA) is 102 Å². The molecule has 5 rings (SSSR count). The highest BCUT2D eigenvalue weighted by Gasteiger charge is 2.19. The van der Waals surface area contributed by atoms with Crippen LogP contribution in [-0.2, 0) is 0 Å². The number of carbonyl (C=O) groups is 1. The number of thiazole rings is 1. The molecule has 0 fully saturated rings. The van der Waals surface area contributed by atoms with E-state index < -0.39 is 5.91 Å². The minimum atomic E-state index is -0.415. The second kappa shape index (κ2) is 8.20. The highest BCUT2D eigenvalue weighted by Crippen LogP contribution is 2.34. The fraction of sp³-hybridized carbons (Fsp3) is 0.0870. The lowest BCUT2D eigenvalue weighted by atomic mass is 10.1. The maximum atomic E-state index is 12.7. The third-order valence-corrected chi connectivity index (χ3v) is 5.76. The minimum absolute atomic E-state index is 0.133. The molecule has 0 bridgehead atoms. The molecule has 0 unspecified atom stereocenters. The van der Waals surface area contributed by atoms with Crippen LogP contribution in [0, 0.1) is 0 Å². The lowest BCUT2D eigenvalue weighted by Crippen LogP contribution is -2.11. The first-order chi connectivity index (χ1) is 15.7. The fourth-order valence-corrected chi connectivity index (χ4v) is 4.12. The van der Waals surface area contributed by atoms with Crippen molar-refractivity contribution in [3.63, 3.8) is 0 Å². The van der Waals surface area contributed by atoms with Crippen LogP contribution < -0.4 is 14.8 Å². The van der Waals surface area contributed by atoms with Crippen LogP contribution in [0.1, 0.15) is 10.5 Å². The monoisotopic (exact) mass is 446 g/mol. The molecule has 3 aromatic heterocycles. The predicted molar refractivity (Wildman–Crippen MR) is 122 cm³/mol. The number of hydrogen-bond donors (Lipinski definition) is 2. The van der Waals surface area contributed by atoms with E-state index in [-0.39, 0.29) is 5.69 Å². The molecule has 2 aromatic carbocycles. The van der Waals surface area contributed by atoms with Crippen molar-refractivity contribution in [3.05, 3.63) is 65.8 Å². The molecule has 0 atom stereocenters. The maximum Gasteiger partial charge on any atom is 0.279 e. The zero-order valence-corrected chi connectivity index (χ0v) is 18.0. The van der Waals surface area contributed by atoms with E-state index >= 15 is 0 Å². The van der Waals surface area contributed by atoms with Crippen molar-refractivity contribution in [1.82, 2.24) is 15.1 Å². The summed E-state index contributed by atoms with van der Waals surface area (Å²) in [6.45, 7) is 0. The Labute approximate surface area is 186 Å². The summed E-state index contributed by atoms with van der Waals surface area (Å²) in [6.07, 6.45) is 1.91. The molecule has 32 heavy (non-hydrogen) atoms. The molecule has 1 amide bonds.